The first-order valence-corrected chi connectivity index (χ1v) is 12.7. The van der Waals surface area contributed by atoms with Crippen molar-refractivity contribution in [3.8, 4) is 6.07 Å². The molecule has 2 saturated heterocycles. The summed E-state index contributed by atoms with van der Waals surface area (Å²) in [5.41, 5.74) is 2.95. The van der Waals surface area contributed by atoms with E-state index in [-0.39, 0.29) is 0 Å². The van der Waals surface area contributed by atoms with Crippen LogP contribution < -0.4 is 10.5 Å². The number of pyridine rings is 1. The molecule has 2 aliphatic rings. The summed E-state index contributed by atoms with van der Waals surface area (Å²) < 4.78 is 0. The number of hydrogen-bond acceptors (Lipinski definition) is 5. The van der Waals surface area contributed by atoms with Crippen molar-refractivity contribution < 1.29 is 0 Å². The number of hydrogen-bond donors (Lipinski definition) is 0. The summed E-state index contributed by atoms with van der Waals surface area (Å²) in [6.07, 6.45) is 7.85. The second-order valence-corrected chi connectivity index (χ2v) is 10.4. The Labute approximate surface area is 201 Å². The minimum Gasteiger partial charge on any atom is -0.368 e. The molecule has 0 saturated carbocycles. The number of fused-ring (bicyclic) bond motifs is 2. The van der Waals surface area contributed by atoms with E-state index in [9.17, 15) is 5.26 Å². The number of piperazine rings is 1. The summed E-state index contributed by atoms with van der Waals surface area (Å²) in [6, 6.07) is 12.0. The molecule has 5 nitrogen and oxygen atoms in total. The largest absolute Gasteiger partial charge is 0.368 e. The van der Waals surface area contributed by atoms with Crippen molar-refractivity contribution in [1.29, 1.82) is 5.26 Å². The van der Waals surface area contributed by atoms with E-state index in [2.05, 4.69) is 59.8 Å². The topological polar surface area (TPSA) is 46.4 Å². The Bertz CT molecular complexity index is 1000. The number of anilines is 1. The molecule has 1 aromatic carbocycles. The third kappa shape index (κ3) is 5.20. The molecule has 33 heavy (non-hydrogen) atoms. The zero-order valence-electron chi connectivity index (χ0n) is 20.8. The summed E-state index contributed by atoms with van der Waals surface area (Å²) in [5.74, 6) is 0.806. The molecule has 4 unspecified atom stereocenters. The lowest BCUT2D eigenvalue weighted by molar-refractivity contribution is 0.163. The van der Waals surface area contributed by atoms with E-state index in [0.29, 0.717) is 23.2 Å². The quantitative estimate of drug-likeness (QED) is 0.583. The summed E-state index contributed by atoms with van der Waals surface area (Å²) in [4.78, 5) is 12.2. The van der Waals surface area contributed by atoms with Crippen LogP contribution in [-0.2, 0) is 0 Å². The molecule has 0 aliphatic carbocycles. The van der Waals surface area contributed by atoms with Gasteiger partial charge < -0.3 is 9.80 Å². The molecule has 1 aromatic heterocycles. The molecular formula is C27H38BN5. The smallest absolute Gasteiger partial charge is 0.141 e. The number of aromatic nitrogens is 1. The van der Waals surface area contributed by atoms with Crippen molar-refractivity contribution in [3.63, 3.8) is 0 Å². The van der Waals surface area contributed by atoms with Gasteiger partial charge in [0, 0.05) is 48.8 Å². The lowest BCUT2D eigenvalue weighted by Gasteiger charge is -2.43. The van der Waals surface area contributed by atoms with Gasteiger partial charge in [0.05, 0.1) is 11.1 Å². The zero-order valence-corrected chi connectivity index (χ0v) is 20.8. The van der Waals surface area contributed by atoms with Crippen molar-refractivity contribution >= 4 is 30.0 Å². The Morgan fingerprint density at radius 2 is 2.00 bits per heavy atom. The van der Waals surface area contributed by atoms with Crippen LogP contribution in [0.3, 0.4) is 0 Å². The minimum absolute atomic E-state index is 0.461. The van der Waals surface area contributed by atoms with Crippen molar-refractivity contribution in [3.05, 3.63) is 29.8 Å². The van der Waals surface area contributed by atoms with Crippen LogP contribution in [0.15, 0.2) is 24.3 Å². The summed E-state index contributed by atoms with van der Waals surface area (Å²) in [5, 5.41) is 10.6. The number of nitrogens with zero attached hydrogens (tertiary/aromatic N) is 5. The van der Waals surface area contributed by atoms with Gasteiger partial charge in [-0.1, -0.05) is 25.8 Å². The first-order valence-electron chi connectivity index (χ1n) is 12.7. The maximum absolute atomic E-state index is 9.53. The van der Waals surface area contributed by atoms with Gasteiger partial charge in [0.25, 0.3) is 0 Å². The van der Waals surface area contributed by atoms with Gasteiger partial charge in [-0.15, -0.1) is 0 Å². The molecule has 3 heterocycles. The first kappa shape index (κ1) is 24.0. The van der Waals surface area contributed by atoms with Gasteiger partial charge >= 0.3 is 0 Å². The maximum atomic E-state index is 9.53. The lowest BCUT2D eigenvalue weighted by atomic mass is 9.95. The molecule has 2 fully saturated rings. The van der Waals surface area contributed by atoms with Gasteiger partial charge in [0.15, 0.2) is 0 Å². The molecule has 0 N–H and O–H groups in total. The predicted octanol–water partition coefficient (Wildman–Crippen LogP) is 3.70. The van der Waals surface area contributed by atoms with Gasteiger partial charge in [-0.3, -0.25) is 9.88 Å². The van der Waals surface area contributed by atoms with Crippen LogP contribution in [0.1, 0.15) is 57.9 Å². The minimum atomic E-state index is 0.461. The average Bonchev–Trinajstić information content (AvgIpc) is 3.21. The van der Waals surface area contributed by atoms with E-state index in [4.69, 9.17) is 7.85 Å². The van der Waals surface area contributed by atoms with Crippen LogP contribution in [0.25, 0.3) is 10.9 Å². The molecule has 4 atom stereocenters. The van der Waals surface area contributed by atoms with Gasteiger partial charge in [-0.2, -0.15) is 5.26 Å². The zero-order chi connectivity index (χ0) is 23.5. The molecule has 0 bridgehead atoms. The van der Waals surface area contributed by atoms with Gasteiger partial charge in [-0.05, 0) is 76.4 Å². The Kier molecular flexibility index (Phi) is 7.61. The Hall–Kier alpha value is -2.10. The highest BCUT2D eigenvalue weighted by Crippen LogP contribution is 2.36. The number of rotatable bonds is 8. The van der Waals surface area contributed by atoms with Crippen molar-refractivity contribution in [2.45, 2.75) is 70.5 Å². The fourth-order valence-corrected chi connectivity index (χ4v) is 6.14. The van der Waals surface area contributed by atoms with E-state index in [0.717, 1.165) is 36.0 Å². The molecule has 6 heteroatoms. The van der Waals surface area contributed by atoms with Crippen LogP contribution in [-0.4, -0.2) is 74.5 Å². The normalized spacial score (nSPS) is 24.2. The van der Waals surface area contributed by atoms with Crippen molar-refractivity contribution in [1.82, 2.24) is 14.8 Å². The van der Waals surface area contributed by atoms with Crippen LogP contribution in [0.2, 0.25) is 0 Å². The van der Waals surface area contributed by atoms with E-state index in [1.54, 1.807) is 0 Å². The standard InChI is InChI=1S/C27H38BN5/c1-5-7-22(31(3)4)9-6-8-20-14-23-18-32(16-19(2)33(23)17-20)25-12-10-21(15-29)27-24(25)11-13-26(28)30-27/h10-13,19-20,22-23H,5-9,14,16-18H2,1-4H3. The number of nitriles is 1. The SMILES string of the molecule is [B]c1ccc2c(N3CC(C)N4CC(CCCC(CCC)N(C)C)CC4C3)ccc(C#N)c2n1. The molecule has 2 aliphatic heterocycles. The third-order valence-electron chi connectivity index (χ3n) is 7.84. The Balaban J connectivity index is 1.43. The second-order valence-electron chi connectivity index (χ2n) is 10.4. The van der Waals surface area contributed by atoms with E-state index < -0.39 is 0 Å². The highest BCUT2D eigenvalue weighted by atomic mass is 15.3. The highest BCUT2D eigenvalue weighted by Gasteiger charge is 2.39. The maximum Gasteiger partial charge on any atom is 0.141 e. The molecule has 0 amide bonds. The average molecular weight is 443 g/mol. The molecular weight excluding hydrogens is 405 g/mol. The second kappa shape index (κ2) is 10.4. The number of benzene rings is 1. The summed E-state index contributed by atoms with van der Waals surface area (Å²) >= 11 is 0. The fraction of sp³-hybridized carbons (Fsp3) is 0.630. The first-order chi connectivity index (χ1) is 15.9. The van der Waals surface area contributed by atoms with Crippen LogP contribution in [0, 0.1) is 17.2 Å². The monoisotopic (exact) mass is 443 g/mol. The van der Waals surface area contributed by atoms with E-state index in [1.807, 2.05) is 18.2 Å². The molecule has 174 valence electrons. The molecule has 2 aromatic rings. The molecule has 2 radical (unpaired) electrons. The van der Waals surface area contributed by atoms with Crippen molar-refractivity contribution in [2.75, 3.05) is 38.6 Å². The van der Waals surface area contributed by atoms with E-state index in [1.165, 1.54) is 50.8 Å². The predicted molar refractivity (Wildman–Crippen MR) is 138 cm³/mol. The van der Waals surface area contributed by atoms with Crippen LogP contribution in [0.4, 0.5) is 5.69 Å². The Morgan fingerprint density at radius 1 is 1.18 bits per heavy atom. The molecule has 4 rings (SSSR count). The van der Waals surface area contributed by atoms with Gasteiger partial charge in [0.1, 0.15) is 13.9 Å². The van der Waals surface area contributed by atoms with Gasteiger partial charge in [-0.25, -0.2) is 0 Å². The summed E-state index contributed by atoms with van der Waals surface area (Å²) in [7, 11) is 10.4. The molecule has 0 spiro atoms. The van der Waals surface area contributed by atoms with Gasteiger partial charge in [0.2, 0.25) is 0 Å². The fourth-order valence-electron chi connectivity index (χ4n) is 6.14. The van der Waals surface area contributed by atoms with E-state index >= 15 is 0 Å². The summed E-state index contributed by atoms with van der Waals surface area (Å²) in [6.45, 7) is 7.95. The Morgan fingerprint density at radius 3 is 2.73 bits per heavy atom. The third-order valence-corrected chi connectivity index (χ3v) is 7.84. The van der Waals surface area contributed by atoms with Crippen LogP contribution >= 0.6 is 0 Å². The van der Waals surface area contributed by atoms with Crippen LogP contribution in [0.5, 0.6) is 0 Å². The lowest BCUT2D eigenvalue weighted by Crippen LogP contribution is -2.55. The highest BCUT2D eigenvalue weighted by molar-refractivity contribution is 6.31. The van der Waals surface area contributed by atoms with Crippen molar-refractivity contribution in [2.24, 2.45) is 5.92 Å².